The van der Waals surface area contributed by atoms with Crippen LogP contribution in [0, 0.1) is 5.92 Å². The van der Waals surface area contributed by atoms with Gasteiger partial charge in [0, 0.05) is 33.1 Å². The number of aromatic nitrogens is 2. The third-order valence-electron chi connectivity index (χ3n) is 4.54. The van der Waals surface area contributed by atoms with E-state index in [1.165, 1.54) is 0 Å². The van der Waals surface area contributed by atoms with Crippen molar-refractivity contribution in [2.24, 2.45) is 13.0 Å². The average Bonchev–Trinajstić information content (AvgIpc) is 2.85. The van der Waals surface area contributed by atoms with Crippen LogP contribution in [-0.2, 0) is 16.5 Å². The summed E-state index contributed by atoms with van der Waals surface area (Å²) in [5.74, 6) is 0.252. The minimum atomic E-state index is -0.448. The number of hydrogen-bond donors (Lipinski definition) is 1. The topological polar surface area (TPSA) is 56.5 Å². The Labute approximate surface area is 113 Å². The first kappa shape index (κ1) is 13.1. The third kappa shape index (κ3) is 2.55. The van der Waals surface area contributed by atoms with E-state index >= 15 is 0 Å². The fraction of sp³-hybridized carbons (Fsp3) is 0.786. The first-order chi connectivity index (χ1) is 9.20. The van der Waals surface area contributed by atoms with Gasteiger partial charge in [-0.3, -0.25) is 4.68 Å². The maximum absolute atomic E-state index is 10.6. The summed E-state index contributed by atoms with van der Waals surface area (Å²) in [7, 11) is 1.88. The van der Waals surface area contributed by atoms with Crippen LogP contribution in [0.25, 0.3) is 0 Å². The van der Waals surface area contributed by atoms with Gasteiger partial charge in [-0.15, -0.1) is 0 Å². The second-order valence-corrected chi connectivity index (χ2v) is 5.72. The second kappa shape index (κ2) is 5.23. The van der Waals surface area contributed by atoms with Gasteiger partial charge >= 0.3 is 0 Å². The van der Waals surface area contributed by atoms with Gasteiger partial charge < -0.3 is 14.6 Å². The van der Waals surface area contributed by atoms with Crippen LogP contribution in [0.2, 0.25) is 0 Å². The van der Waals surface area contributed by atoms with E-state index in [-0.39, 0.29) is 11.5 Å². The number of aliphatic hydroxyl groups is 1. The quantitative estimate of drug-likeness (QED) is 0.880. The number of ether oxygens (including phenoxy) is 2. The number of aryl methyl sites for hydroxylation is 1. The lowest BCUT2D eigenvalue weighted by Crippen LogP contribution is -2.45. The first-order valence-electron chi connectivity index (χ1n) is 7.08. The molecule has 19 heavy (non-hydrogen) atoms. The summed E-state index contributed by atoms with van der Waals surface area (Å²) in [5.41, 5.74) is 0.829. The van der Waals surface area contributed by atoms with Crippen molar-refractivity contribution in [3.8, 4) is 0 Å². The van der Waals surface area contributed by atoms with Crippen LogP contribution in [0.4, 0.5) is 0 Å². The number of rotatable bonds is 2. The van der Waals surface area contributed by atoms with E-state index in [1.807, 2.05) is 13.1 Å². The molecule has 2 atom stereocenters. The van der Waals surface area contributed by atoms with Gasteiger partial charge in [-0.1, -0.05) is 0 Å². The summed E-state index contributed by atoms with van der Waals surface area (Å²) in [5, 5.41) is 14.7. The van der Waals surface area contributed by atoms with Gasteiger partial charge in [-0.25, -0.2) is 0 Å². The Morgan fingerprint density at radius 2 is 2.21 bits per heavy atom. The standard InChI is InChI=1S/C14H22N2O3/c1-16-12(2-6-15-16)13(17)11-3-7-19-14(10-11)4-8-18-9-5-14/h2,6,11,13,17H,3-5,7-10H2,1H3. The van der Waals surface area contributed by atoms with Gasteiger partial charge in [0.1, 0.15) is 0 Å². The van der Waals surface area contributed by atoms with Crippen molar-refractivity contribution < 1.29 is 14.6 Å². The van der Waals surface area contributed by atoms with Crippen LogP contribution >= 0.6 is 0 Å². The maximum atomic E-state index is 10.6. The van der Waals surface area contributed by atoms with Gasteiger partial charge in [-0.2, -0.15) is 5.10 Å². The molecule has 0 radical (unpaired) electrons. The second-order valence-electron chi connectivity index (χ2n) is 5.72. The predicted molar refractivity (Wildman–Crippen MR) is 69.6 cm³/mol. The van der Waals surface area contributed by atoms with Gasteiger partial charge in [0.2, 0.25) is 0 Å². The maximum Gasteiger partial charge on any atom is 0.0986 e. The highest BCUT2D eigenvalue weighted by molar-refractivity contribution is 5.07. The lowest BCUT2D eigenvalue weighted by molar-refractivity contribution is -0.159. The largest absolute Gasteiger partial charge is 0.387 e. The molecule has 5 heteroatoms. The molecular weight excluding hydrogens is 244 g/mol. The van der Waals surface area contributed by atoms with Crippen molar-refractivity contribution in [3.05, 3.63) is 18.0 Å². The molecule has 3 heterocycles. The lowest BCUT2D eigenvalue weighted by atomic mass is 9.78. The molecule has 2 fully saturated rings. The summed E-state index contributed by atoms with van der Waals surface area (Å²) in [6.45, 7) is 2.28. The summed E-state index contributed by atoms with van der Waals surface area (Å²) >= 11 is 0. The SMILES string of the molecule is Cn1nccc1C(O)C1CCOC2(CCOCC2)C1. The monoisotopic (exact) mass is 266 g/mol. The Morgan fingerprint density at radius 1 is 1.42 bits per heavy atom. The molecule has 2 aliphatic rings. The zero-order valence-corrected chi connectivity index (χ0v) is 11.4. The molecule has 1 aromatic rings. The Kier molecular flexibility index (Phi) is 3.60. The molecule has 0 aliphatic carbocycles. The molecule has 2 unspecified atom stereocenters. The van der Waals surface area contributed by atoms with E-state index in [0.29, 0.717) is 0 Å². The first-order valence-corrected chi connectivity index (χ1v) is 7.08. The van der Waals surface area contributed by atoms with Crippen molar-refractivity contribution in [1.82, 2.24) is 9.78 Å². The Hall–Kier alpha value is -0.910. The molecule has 2 aliphatic heterocycles. The average molecular weight is 266 g/mol. The third-order valence-corrected chi connectivity index (χ3v) is 4.54. The van der Waals surface area contributed by atoms with Crippen molar-refractivity contribution in [2.75, 3.05) is 19.8 Å². The molecule has 1 N–H and O–H groups in total. The van der Waals surface area contributed by atoms with E-state index in [4.69, 9.17) is 9.47 Å². The highest BCUT2D eigenvalue weighted by atomic mass is 16.5. The number of aliphatic hydroxyl groups excluding tert-OH is 1. The summed E-state index contributed by atoms with van der Waals surface area (Å²) < 4.78 is 13.2. The summed E-state index contributed by atoms with van der Waals surface area (Å²) in [6.07, 6.45) is 5.01. The molecule has 2 saturated heterocycles. The van der Waals surface area contributed by atoms with Crippen LogP contribution in [-0.4, -0.2) is 40.3 Å². The zero-order valence-electron chi connectivity index (χ0n) is 11.4. The van der Waals surface area contributed by atoms with Crippen molar-refractivity contribution >= 4 is 0 Å². The minimum Gasteiger partial charge on any atom is -0.387 e. The van der Waals surface area contributed by atoms with E-state index in [2.05, 4.69) is 5.10 Å². The fourth-order valence-electron chi connectivity index (χ4n) is 3.34. The highest BCUT2D eigenvalue weighted by Gasteiger charge is 2.41. The van der Waals surface area contributed by atoms with Crippen LogP contribution < -0.4 is 0 Å². The highest BCUT2D eigenvalue weighted by Crippen LogP contribution is 2.41. The molecule has 1 spiro atoms. The van der Waals surface area contributed by atoms with Gasteiger partial charge in [0.05, 0.1) is 17.4 Å². The lowest BCUT2D eigenvalue weighted by Gasteiger charge is -2.44. The Balaban J connectivity index is 1.72. The van der Waals surface area contributed by atoms with E-state index in [0.717, 1.165) is 51.2 Å². The normalized spacial score (nSPS) is 28.4. The molecule has 5 nitrogen and oxygen atoms in total. The Bertz CT molecular complexity index is 421. The van der Waals surface area contributed by atoms with Crippen molar-refractivity contribution in [1.29, 1.82) is 0 Å². The van der Waals surface area contributed by atoms with Crippen LogP contribution in [0.15, 0.2) is 12.3 Å². The molecule has 0 bridgehead atoms. The molecule has 106 valence electrons. The van der Waals surface area contributed by atoms with E-state index < -0.39 is 6.10 Å². The fourth-order valence-corrected chi connectivity index (χ4v) is 3.34. The smallest absolute Gasteiger partial charge is 0.0986 e. The number of hydrogen-bond acceptors (Lipinski definition) is 4. The van der Waals surface area contributed by atoms with Crippen LogP contribution in [0.3, 0.4) is 0 Å². The van der Waals surface area contributed by atoms with Crippen LogP contribution in [0.5, 0.6) is 0 Å². The van der Waals surface area contributed by atoms with E-state index in [9.17, 15) is 5.11 Å². The summed E-state index contributed by atoms with van der Waals surface area (Å²) in [4.78, 5) is 0. The van der Waals surface area contributed by atoms with Gasteiger partial charge in [0.25, 0.3) is 0 Å². The van der Waals surface area contributed by atoms with Crippen LogP contribution in [0.1, 0.15) is 37.5 Å². The van der Waals surface area contributed by atoms with Gasteiger partial charge in [-0.05, 0) is 37.7 Å². The molecule has 3 rings (SSSR count). The Morgan fingerprint density at radius 3 is 2.89 bits per heavy atom. The van der Waals surface area contributed by atoms with Gasteiger partial charge in [0.15, 0.2) is 0 Å². The molecule has 0 saturated carbocycles. The van der Waals surface area contributed by atoms with Crippen molar-refractivity contribution in [3.63, 3.8) is 0 Å². The molecule has 0 aromatic carbocycles. The molecule has 1 aromatic heterocycles. The predicted octanol–water partition coefficient (Wildman–Crippen LogP) is 1.43. The minimum absolute atomic E-state index is 0.0687. The number of nitrogens with zero attached hydrogens (tertiary/aromatic N) is 2. The summed E-state index contributed by atoms with van der Waals surface area (Å²) in [6, 6.07) is 1.90. The molecule has 0 amide bonds. The molecular formula is C14H22N2O3. The zero-order chi connectivity index (χ0) is 13.3. The van der Waals surface area contributed by atoms with Crippen molar-refractivity contribution in [2.45, 2.75) is 37.4 Å². The van der Waals surface area contributed by atoms with E-state index in [1.54, 1.807) is 10.9 Å².